The molecule has 6 nitrogen and oxygen atoms in total. The van der Waals surface area contributed by atoms with Crippen LogP contribution in [0.3, 0.4) is 0 Å². The smallest absolute Gasteiger partial charge is 0.318 e. The summed E-state index contributed by atoms with van der Waals surface area (Å²) in [6.45, 7) is 0.445. The number of fused-ring (bicyclic) bond motifs is 2. The van der Waals surface area contributed by atoms with Gasteiger partial charge in [-0.15, -0.1) is 0 Å². The summed E-state index contributed by atoms with van der Waals surface area (Å²) in [7, 11) is 1.55. The zero-order valence-corrected chi connectivity index (χ0v) is 16.0. The lowest BCUT2D eigenvalue weighted by molar-refractivity contribution is -0.120. The Kier molecular flexibility index (Phi) is 4.88. The molecule has 0 saturated heterocycles. The van der Waals surface area contributed by atoms with Crippen LogP contribution in [0, 0.1) is 0 Å². The Morgan fingerprint density at radius 2 is 2.00 bits per heavy atom. The maximum atomic E-state index is 13.3. The van der Waals surface area contributed by atoms with Crippen LogP contribution in [0.1, 0.15) is 17.2 Å². The van der Waals surface area contributed by atoms with E-state index >= 15 is 0 Å². The van der Waals surface area contributed by atoms with E-state index in [1.54, 1.807) is 31.6 Å². The van der Waals surface area contributed by atoms with Crippen molar-refractivity contribution in [1.82, 2.24) is 15.2 Å². The second-order valence-electron chi connectivity index (χ2n) is 6.64. The van der Waals surface area contributed by atoms with Crippen LogP contribution in [0.2, 0.25) is 5.02 Å². The molecule has 0 saturated carbocycles. The van der Waals surface area contributed by atoms with Gasteiger partial charge in [-0.2, -0.15) is 0 Å². The zero-order chi connectivity index (χ0) is 19.7. The Morgan fingerprint density at radius 3 is 2.82 bits per heavy atom. The van der Waals surface area contributed by atoms with Gasteiger partial charge in [-0.1, -0.05) is 41.9 Å². The van der Waals surface area contributed by atoms with E-state index in [9.17, 15) is 9.59 Å². The lowest BCUT2D eigenvalue weighted by Crippen LogP contribution is -2.48. The first-order valence-corrected chi connectivity index (χ1v) is 9.36. The first-order valence-electron chi connectivity index (χ1n) is 8.99. The molecule has 1 aliphatic heterocycles. The third-order valence-corrected chi connectivity index (χ3v) is 5.22. The molecule has 142 valence electrons. The standard InChI is InChI=1S/C21H19ClN4O2/c1-23-21(28)26-9-8-13-6-7-15(22)10-17(13)19(26)20(27)25-18-12-24-11-14-4-2-3-5-16(14)18/h2-7,10-12,19H,8-9H2,1H3,(H,23,28)(H,25,27). The molecule has 3 aromatic rings. The summed E-state index contributed by atoms with van der Waals surface area (Å²) in [4.78, 5) is 31.5. The highest BCUT2D eigenvalue weighted by Gasteiger charge is 2.36. The van der Waals surface area contributed by atoms with Crippen molar-refractivity contribution in [2.75, 3.05) is 18.9 Å². The molecule has 2 N–H and O–H groups in total. The van der Waals surface area contributed by atoms with Crippen LogP contribution in [-0.4, -0.2) is 35.4 Å². The fourth-order valence-electron chi connectivity index (χ4n) is 3.65. The van der Waals surface area contributed by atoms with E-state index in [2.05, 4.69) is 15.6 Å². The summed E-state index contributed by atoms with van der Waals surface area (Å²) in [5.41, 5.74) is 2.36. The number of amides is 3. The first kappa shape index (κ1) is 18.3. The summed E-state index contributed by atoms with van der Waals surface area (Å²) in [5.74, 6) is -0.301. The number of anilines is 1. The number of rotatable bonds is 2. The van der Waals surface area contributed by atoms with Crippen LogP contribution in [0.15, 0.2) is 54.9 Å². The van der Waals surface area contributed by atoms with Gasteiger partial charge in [-0.05, 0) is 29.7 Å². The number of pyridine rings is 1. The quantitative estimate of drug-likeness (QED) is 0.694. The Bertz CT molecular complexity index is 1060. The average Bonchev–Trinajstić information content (AvgIpc) is 2.72. The number of urea groups is 1. The minimum Gasteiger partial charge on any atom is -0.341 e. The summed E-state index contributed by atoms with van der Waals surface area (Å²) in [6.07, 6.45) is 4.03. The van der Waals surface area contributed by atoms with Crippen molar-refractivity contribution < 1.29 is 9.59 Å². The Morgan fingerprint density at radius 1 is 1.18 bits per heavy atom. The molecule has 4 rings (SSSR count). The predicted octanol–water partition coefficient (Wildman–Crippen LogP) is 3.77. The highest BCUT2D eigenvalue weighted by molar-refractivity contribution is 6.30. The van der Waals surface area contributed by atoms with Crippen LogP contribution < -0.4 is 10.6 Å². The van der Waals surface area contributed by atoms with Gasteiger partial charge in [-0.3, -0.25) is 9.78 Å². The molecular weight excluding hydrogens is 376 g/mol. The summed E-state index contributed by atoms with van der Waals surface area (Å²) < 4.78 is 0. The van der Waals surface area contributed by atoms with Gasteiger partial charge in [0.25, 0.3) is 5.91 Å². The van der Waals surface area contributed by atoms with Gasteiger partial charge >= 0.3 is 6.03 Å². The molecule has 28 heavy (non-hydrogen) atoms. The summed E-state index contributed by atoms with van der Waals surface area (Å²) in [5, 5.41) is 7.92. The number of halogens is 1. The minimum absolute atomic E-state index is 0.301. The second-order valence-corrected chi connectivity index (χ2v) is 7.08. The highest BCUT2D eigenvalue weighted by atomic mass is 35.5. The number of hydrogen-bond donors (Lipinski definition) is 2. The van der Waals surface area contributed by atoms with Crippen LogP contribution in [0.4, 0.5) is 10.5 Å². The van der Waals surface area contributed by atoms with Gasteiger partial charge in [0.15, 0.2) is 0 Å². The third-order valence-electron chi connectivity index (χ3n) is 4.99. The van der Waals surface area contributed by atoms with Gasteiger partial charge in [0.2, 0.25) is 0 Å². The van der Waals surface area contributed by atoms with E-state index in [1.165, 1.54) is 4.90 Å². The topological polar surface area (TPSA) is 74.3 Å². The van der Waals surface area contributed by atoms with E-state index in [-0.39, 0.29) is 11.9 Å². The van der Waals surface area contributed by atoms with E-state index in [4.69, 9.17) is 11.6 Å². The van der Waals surface area contributed by atoms with E-state index in [0.29, 0.717) is 23.7 Å². The summed E-state index contributed by atoms with van der Waals surface area (Å²) >= 11 is 6.19. The normalized spacial score (nSPS) is 15.8. The lowest BCUT2D eigenvalue weighted by atomic mass is 9.92. The van der Waals surface area contributed by atoms with Crippen molar-refractivity contribution >= 4 is 40.0 Å². The number of hydrogen-bond acceptors (Lipinski definition) is 3. The molecule has 2 aromatic carbocycles. The van der Waals surface area contributed by atoms with Gasteiger partial charge in [0.1, 0.15) is 6.04 Å². The van der Waals surface area contributed by atoms with Crippen LogP contribution in [-0.2, 0) is 11.2 Å². The van der Waals surface area contributed by atoms with Crippen LogP contribution >= 0.6 is 11.6 Å². The molecule has 7 heteroatoms. The van der Waals surface area contributed by atoms with Crippen LogP contribution in [0.25, 0.3) is 10.8 Å². The molecule has 3 amide bonds. The largest absolute Gasteiger partial charge is 0.341 e. The fourth-order valence-corrected chi connectivity index (χ4v) is 3.83. The first-order chi connectivity index (χ1) is 13.6. The van der Waals surface area contributed by atoms with Crippen LogP contribution in [0.5, 0.6) is 0 Å². The van der Waals surface area contributed by atoms with Gasteiger partial charge in [-0.25, -0.2) is 4.79 Å². The van der Waals surface area contributed by atoms with Gasteiger partial charge in [0.05, 0.1) is 11.9 Å². The van der Waals surface area contributed by atoms with Crippen molar-refractivity contribution in [3.8, 4) is 0 Å². The third kappa shape index (κ3) is 3.27. The molecule has 0 radical (unpaired) electrons. The number of aromatic nitrogens is 1. The molecule has 0 spiro atoms. The predicted molar refractivity (Wildman–Crippen MR) is 109 cm³/mol. The molecule has 2 heterocycles. The SMILES string of the molecule is CNC(=O)N1CCc2ccc(Cl)cc2C1C(=O)Nc1cncc2ccccc12. The van der Waals surface area contributed by atoms with Crippen molar-refractivity contribution in [1.29, 1.82) is 0 Å². The molecule has 0 bridgehead atoms. The van der Waals surface area contributed by atoms with Crippen molar-refractivity contribution in [2.45, 2.75) is 12.5 Å². The lowest BCUT2D eigenvalue weighted by Gasteiger charge is -2.36. The van der Waals surface area contributed by atoms with Crippen molar-refractivity contribution in [2.24, 2.45) is 0 Å². The second kappa shape index (κ2) is 7.48. The molecule has 1 aliphatic rings. The number of benzene rings is 2. The van der Waals surface area contributed by atoms with Gasteiger partial charge in [0, 0.05) is 35.6 Å². The Balaban J connectivity index is 1.74. The monoisotopic (exact) mass is 394 g/mol. The van der Waals surface area contributed by atoms with E-state index < -0.39 is 6.04 Å². The molecule has 0 fully saturated rings. The minimum atomic E-state index is -0.777. The van der Waals surface area contributed by atoms with Crippen molar-refractivity contribution in [3.05, 3.63) is 71.0 Å². The van der Waals surface area contributed by atoms with Crippen molar-refractivity contribution in [3.63, 3.8) is 0 Å². The Hall–Kier alpha value is -3.12. The number of nitrogens with zero attached hydrogens (tertiary/aromatic N) is 2. The Labute approximate surface area is 167 Å². The molecule has 0 aliphatic carbocycles. The average molecular weight is 395 g/mol. The molecule has 1 aromatic heterocycles. The number of carbonyl (C=O) groups is 2. The maximum absolute atomic E-state index is 13.3. The summed E-state index contributed by atoms with van der Waals surface area (Å²) in [6, 6.07) is 12.1. The zero-order valence-electron chi connectivity index (χ0n) is 15.3. The maximum Gasteiger partial charge on any atom is 0.318 e. The van der Waals surface area contributed by atoms with Gasteiger partial charge < -0.3 is 15.5 Å². The van der Waals surface area contributed by atoms with E-state index in [1.807, 2.05) is 30.3 Å². The number of carbonyl (C=O) groups excluding carboxylic acids is 2. The van der Waals surface area contributed by atoms with E-state index in [0.717, 1.165) is 21.9 Å². The molecular formula is C21H19ClN4O2. The highest BCUT2D eigenvalue weighted by Crippen LogP contribution is 2.33. The number of nitrogens with one attached hydrogen (secondary N) is 2. The molecule has 1 unspecified atom stereocenters. The molecule has 1 atom stereocenters. The fraction of sp³-hybridized carbons (Fsp3) is 0.190.